The summed E-state index contributed by atoms with van der Waals surface area (Å²) in [6.45, 7) is 2.67. The molecule has 2 amide bonds. The van der Waals surface area contributed by atoms with Crippen molar-refractivity contribution in [1.29, 1.82) is 0 Å². The van der Waals surface area contributed by atoms with Crippen molar-refractivity contribution in [1.82, 2.24) is 9.80 Å². The van der Waals surface area contributed by atoms with Gasteiger partial charge in [-0.2, -0.15) is 0 Å². The number of carboxylic acids is 1. The van der Waals surface area contributed by atoms with E-state index in [1.165, 1.54) is 18.7 Å². The summed E-state index contributed by atoms with van der Waals surface area (Å²) in [6.07, 6.45) is -3.56. The Morgan fingerprint density at radius 1 is 1.12 bits per heavy atom. The molecule has 0 bridgehead atoms. The number of halogens is 3. The number of hydrogen-bond acceptors (Lipinski definition) is 3. The quantitative estimate of drug-likeness (QED) is 0.593. The van der Waals surface area contributed by atoms with E-state index < -0.39 is 30.4 Å². The van der Waals surface area contributed by atoms with Crippen molar-refractivity contribution in [3.8, 4) is 5.75 Å². The fraction of sp³-hybridized carbons (Fsp3) is 0.417. The Balaban J connectivity index is 1.76. The molecule has 9 heteroatoms. The molecule has 1 saturated heterocycles. The molecule has 1 fully saturated rings. The monoisotopic (exact) mass is 464 g/mol. The van der Waals surface area contributed by atoms with Gasteiger partial charge in [-0.25, -0.2) is 14.5 Å². The maximum atomic E-state index is 13.7. The zero-order chi connectivity index (χ0) is 24.2. The van der Waals surface area contributed by atoms with Gasteiger partial charge in [-0.3, -0.25) is 0 Å². The van der Waals surface area contributed by atoms with Crippen molar-refractivity contribution in [2.45, 2.75) is 51.1 Å². The highest BCUT2D eigenvalue weighted by molar-refractivity contribution is 5.77. The standard InChI is InChI=1S/C24H27F3N2O4/c1-23(2,21(30)31)33-20-12-6-10-18(14-20)19-11-7-13-28(16-19)22(32)29(24(25,26)27)15-17-8-4-3-5-9-17/h3-6,8-10,12,14,19H,7,11,13,15-16H2,1-2H3,(H,30,31). The molecular formula is C24H27F3N2O4. The van der Waals surface area contributed by atoms with E-state index in [9.17, 15) is 27.9 Å². The summed E-state index contributed by atoms with van der Waals surface area (Å²) in [4.78, 5) is 25.4. The largest absolute Gasteiger partial charge is 0.488 e. The third-order valence-corrected chi connectivity index (χ3v) is 5.63. The van der Waals surface area contributed by atoms with Crippen LogP contribution in [0.5, 0.6) is 5.75 Å². The van der Waals surface area contributed by atoms with Crippen LogP contribution >= 0.6 is 0 Å². The first-order valence-electron chi connectivity index (χ1n) is 10.7. The van der Waals surface area contributed by atoms with E-state index in [4.69, 9.17) is 4.74 Å². The molecule has 0 radical (unpaired) electrons. The topological polar surface area (TPSA) is 70.1 Å². The number of benzene rings is 2. The molecule has 2 aromatic carbocycles. The van der Waals surface area contributed by atoms with Crippen molar-refractivity contribution < 1.29 is 32.6 Å². The third-order valence-electron chi connectivity index (χ3n) is 5.63. The summed E-state index contributed by atoms with van der Waals surface area (Å²) in [5.41, 5.74) is -0.256. The summed E-state index contributed by atoms with van der Waals surface area (Å²) >= 11 is 0. The van der Waals surface area contributed by atoms with Gasteiger partial charge in [0.05, 0.1) is 6.54 Å². The van der Waals surface area contributed by atoms with Gasteiger partial charge >= 0.3 is 18.3 Å². The second kappa shape index (κ2) is 9.72. The van der Waals surface area contributed by atoms with E-state index >= 15 is 0 Å². The number of rotatable bonds is 6. The molecule has 33 heavy (non-hydrogen) atoms. The van der Waals surface area contributed by atoms with E-state index in [1.54, 1.807) is 48.5 Å². The van der Waals surface area contributed by atoms with Gasteiger partial charge in [0, 0.05) is 19.0 Å². The molecule has 1 N–H and O–H groups in total. The first kappa shape index (κ1) is 24.4. The van der Waals surface area contributed by atoms with Gasteiger partial charge in [-0.15, -0.1) is 13.2 Å². The maximum absolute atomic E-state index is 13.7. The highest BCUT2D eigenvalue weighted by atomic mass is 19.4. The minimum atomic E-state index is -4.81. The Morgan fingerprint density at radius 2 is 1.82 bits per heavy atom. The predicted molar refractivity (Wildman–Crippen MR) is 116 cm³/mol. The molecule has 2 aromatic rings. The minimum Gasteiger partial charge on any atom is -0.478 e. The van der Waals surface area contributed by atoms with Crippen LogP contribution in [0.1, 0.15) is 43.7 Å². The fourth-order valence-corrected chi connectivity index (χ4v) is 3.80. The van der Waals surface area contributed by atoms with Crippen LogP contribution in [-0.2, 0) is 11.3 Å². The van der Waals surface area contributed by atoms with E-state index in [2.05, 4.69) is 0 Å². The van der Waals surface area contributed by atoms with Crippen molar-refractivity contribution in [3.05, 3.63) is 65.7 Å². The predicted octanol–water partition coefficient (Wildman–Crippen LogP) is 5.25. The normalized spacial score (nSPS) is 16.9. The summed E-state index contributed by atoms with van der Waals surface area (Å²) in [7, 11) is 0. The fourth-order valence-electron chi connectivity index (χ4n) is 3.80. The number of ether oxygens (including phenoxy) is 1. The summed E-state index contributed by atoms with van der Waals surface area (Å²) in [6, 6.07) is 13.8. The van der Waals surface area contributed by atoms with Crippen LogP contribution in [0.2, 0.25) is 0 Å². The Kier molecular flexibility index (Phi) is 7.19. The second-order valence-corrected chi connectivity index (χ2v) is 8.60. The molecule has 1 atom stereocenters. The number of aliphatic carboxylic acids is 1. The molecule has 178 valence electrons. The number of carbonyl (C=O) groups excluding carboxylic acids is 1. The molecule has 0 aromatic heterocycles. The van der Waals surface area contributed by atoms with Crippen LogP contribution in [0, 0.1) is 0 Å². The zero-order valence-corrected chi connectivity index (χ0v) is 18.5. The van der Waals surface area contributed by atoms with Crippen LogP contribution < -0.4 is 4.74 Å². The minimum absolute atomic E-state index is 0.0559. The Morgan fingerprint density at radius 3 is 2.45 bits per heavy atom. The van der Waals surface area contributed by atoms with Gasteiger partial charge < -0.3 is 14.7 Å². The molecule has 1 heterocycles. The first-order chi connectivity index (χ1) is 15.5. The number of alkyl halides is 3. The lowest BCUT2D eigenvalue weighted by atomic mass is 9.90. The number of hydrogen-bond donors (Lipinski definition) is 1. The van der Waals surface area contributed by atoms with Crippen LogP contribution in [0.3, 0.4) is 0 Å². The van der Waals surface area contributed by atoms with Crippen molar-refractivity contribution in [2.75, 3.05) is 13.1 Å². The zero-order valence-electron chi connectivity index (χ0n) is 18.5. The lowest BCUT2D eigenvalue weighted by Gasteiger charge is -2.37. The summed E-state index contributed by atoms with van der Waals surface area (Å²) in [5, 5.41) is 9.27. The number of urea groups is 1. The van der Waals surface area contributed by atoms with Gasteiger partial charge in [0.2, 0.25) is 0 Å². The van der Waals surface area contributed by atoms with Gasteiger partial charge in [0.25, 0.3) is 0 Å². The number of likely N-dealkylation sites (tertiary alicyclic amines) is 1. The summed E-state index contributed by atoms with van der Waals surface area (Å²) in [5.74, 6) is -0.955. The van der Waals surface area contributed by atoms with Crippen molar-refractivity contribution >= 4 is 12.0 Å². The highest BCUT2D eigenvalue weighted by Gasteiger charge is 2.43. The average molecular weight is 464 g/mol. The van der Waals surface area contributed by atoms with E-state index in [1.807, 2.05) is 6.07 Å². The highest BCUT2D eigenvalue weighted by Crippen LogP contribution is 2.32. The van der Waals surface area contributed by atoms with Crippen LogP contribution in [-0.4, -0.2) is 51.9 Å². The van der Waals surface area contributed by atoms with Gasteiger partial charge in [-0.05, 0) is 49.9 Å². The lowest BCUT2D eigenvalue weighted by molar-refractivity contribution is -0.230. The van der Waals surface area contributed by atoms with E-state index in [-0.39, 0.29) is 23.9 Å². The Hall–Kier alpha value is -3.23. The second-order valence-electron chi connectivity index (χ2n) is 8.60. The molecule has 0 saturated carbocycles. The molecular weight excluding hydrogens is 437 g/mol. The van der Waals surface area contributed by atoms with Crippen LogP contribution in [0.15, 0.2) is 54.6 Å². The van der Waals surface area contributed by atoms with Crippen LogP contribution in [0.25, 0.3) is 0 Å². The number of carbonyl (C=O) groups is 2. The smallest absolute Gasteiger partial charge is 0.478 e. The number of piperidine rings is 1. The molecule has 0 spiro atoms. The molecule has 0 aliphatic carbocycles. The van der Waals surface area contributed by atoms with Gasteiger partial charge in [-0.1, -0.05) is 42.5 Å². The maximum Gasteiger partial charge on any atom is 0.488 e. The first-order valence-corrected chi connectivity index (χ1v) is 10.7. The Bertz CT molecular complexity index is 979. The van der Waals surface area contributed by atoms with Crippen molar-refractivity contribution in [3.63, 3.8) is 0 Å². The molecule has 3 rings (SSSR count). The van der Waals surface area contributed by atoms with Gasteiger partial charge in [0.15, 0.2) is 5.60 Å². The SMILES string of the molecule is CC(C)(Oc1cccc(C2CCCN(C(=O)N(Cc3ccccc3)C(F)(F)F)C2)c1)C(=O)O. The van der Waals surface area contributed by atoms with Crippen molar-refractivity contribution in [2.24, 2.45) is 0 Å². The number of nitrogens with zero attached hydrogens (tertiary/aromatic N) is 2. The number of carboxylic acid groups (broad SMARTS) is 1. The molecule has 1 aliphatic heterocycles. The average Bonchev–Trinajstić information content (AvgIpc) is 2.77. The van der Waals surface area contributed by atoms with E-state index in [0.29, 0.717) is 24.2 Å². The molecule has 1 aliphatic rings. The third kappa shape index (κ3) is 6.18. The van der Waals surface area contributed by atoms with Gasteiger partial charge in [0.1, 0.15) is 5.75 Å². The Labute approximate surface area is 190 Å². The lowest BCUT2D eigenvalue weighted by Crippen LogP contribution is -2.51. The molecule has 1 unspecified atom stereocenters. The number of amides is 2. The van der Waals surface area contributed by atoms with Crippen LogP contribution in [0.4, 0.5) is 18.0 Å². The summed E-state index contributed by atoms with van der Waals surface area (Å²) < 4.78 is 46.7. The molecule has 6 nitrogen and oxygen atoms in total. The van der Waals surface area contributed by atoms with E-state index in [0.717, 1.165) is 5.56 Å².